The topological polar surface area (TPSA) is 50.9 Å². The van der Waals surface area contributed by atoms with Crippen LogP contribution in [0.15, 0.2) is 182 Å². The van der Waals surface area contributed by atoms with Crippen molar-refractivity contribution in [3.63, 3.8) is 0 Å². The number of aryl methyl sites for hydroxylation is 1. The first-order valence-corrected chi connectivity index (χ1v) is 18.7. The largest absolute Gasteiger partial charge is 0.507 e. The zero-order chi connectivity index (χ0) is 46.6. The molecule has 276 valence electrons. The number of rotatable bonds is 7. The Balaban J connectivity index is 1.21. The molecule has 4 heteroatoms. The summed E-state index contributed by atoms with van der Waals surface area (Å²) in [6.07, 6.45) is 1.66. The van der Waals surface area contributed by atoms with Crippen LogP contribution in [0, 0.1) is 6.92 Å². The second-order valence-electron chi connectivity index (χ2n) is 14.3. The highest BCUT2D eigenvalue weighted by Crippen LogP contribution is 2.40. The third-order valence-electron chi connectivity index (χ3n) is 10.3. The van der Waals surface area contributed by atoms with E-state index >= 15 is 0 Å². The number of phenolic OH excluding ortho intramolecular Hbond substituents is 1. The van der Waals surface area contributed by atoms with Gasteiger partial charge in [0.25, 0.3) is 0 Å². The van der Waals surface area contributed by atoms with Crippen molar-refractivity contribution in [1.82, 2.24) is 14.5 Å². The van der Waals surface area contributed by atoms with E-state index < -0.39 is 26.0 Å². The lowest BCUT2D eigenvalue weighted by Gasteiger charge is -2.19. The number of pyridine rings is 1. The fourth-order valence-corrected chi connectivity index (χ4v) is 7.54. The smallest absolute Gasteiger partial charge is 0.149 e. The molecule has 9 rings (SSSR count). The van der Waals surface area contributed by atoms with E-state index in [-0.39, 0.29) is 11.3 Å². The van der Waals surface area contributed by atoms with Gasteiger partial charge in [-0.15, -0.1) is 0 Å². The van der Waals surface area contributed by atoms with Crippen molar-refractivity contribution in [3.05, 3.63) is 193 Å². The summed E-state index contributed by atoms with van der Waals surface area (Å²) in [6.45, 7) is -8.02. The minimum absolute atomic E-state index is 0.103. The van der Waals surface area contributed by atoms with Gasteiger partial charge in [-0.3, -0.25) is 9.55 Å². The molecule has 1 N–H and O–H groups in total. The number of fused-ring (bicyclic) bond motifs is 1. The van der Waals surface area contributed by atoms with Crippen LogP contribution in [-0.4, -0.2) is 19.6 Å². The quantitative estimate of drug-likeness (QED) is 0.177. The van der Waals surface area contributed by atoms with Crippen molar-refractivity contribution >= 4 is 11.0 Å². The van der Waals surface area contributed by atoms with Crippen LogP contribution >= 0.6 is 0 Å². The minimum atomic E-state index is -3.36. The lowest BCUT2D eigenvalue weighted by molar-refractivity contribution is 0.477. The SMILES string of the molecule is [2H]C([2H])([2H])C(c1ccc(-c2ccnc(-c3cc(-c4ccccc4)cc(-c4cccc5c4nc(-c4ccccc4O)n5-c4cc(C)cc(-c5ccccc5)c4)c3)c2)cc1)(C([2H])([2H])[2H])C([2H])([2H])[2H]. The Morgan fingerprint density at radius 1 is 0.526 bits per heavy atom. The van der Waals surface area contributed by atoms with Crippen LogP contribution < -0.4 is 0 Å². The maximum Gasteiger partial charge on any atom is 0.149 e. The average molecular weight is 747 g/mol. The maximum absolute atomic E-state index is 11.3. The van der Waals surface area contributed by atoms with Gasteiger partial charge in [-0.05, 0) is 123 Å². The molecule has 0 aliphatic rings. The van der Waals surface area contributed by atoms with Crippen LogP contribution in [0.5, 0.6) is 5.75 Å². The summed E-state index contributed by atoms with van der Waals surface area (Å²) in [5.41, 5.74) is 9.15. The fraction of sp³-hybridized carbons (Fsp3) is 0.0943. The first kappa shape index (κ1) is 26.7. The monoisotopic (exact) mass is 746 g/mol. The number of aromatic hydroxyl groups is 1. The Morgan fingerprint density at radius 3 is 1.88 bits per heavy atom. The van der Waals surface area contributed by atoms with Gasteiger partial charge >= 0.3 is 0 Å². The molecular weight excluding hydrogens is 695 g/mol. The van der Waals surface area contributed by atoms with Gasteiger partial charge in [0.1, 0.15) is 11.6 Å². The van der Waals surface area contributed by atoms with Crippen molar-refractivity contribution < 1.29 is 17.4 Å². The second kappa shape index (κ2) is 14.6. The lowest BCUT2D eigenvalue weighted by atomic mass is 9.86. The first-order valence-electron chi connectivity index (χ1n) is 23.2. The number of phenols is 1. The summed E-state index contributed by atoms with van der Waals surface area (Å²) in [5, 5.41) is 11.3. The predicted octanol–water partition coefficient (Wildman–Crippen LogP) is 13.7. The third-order valence-corrected chi connectivity index (χ3v) is 10.3. The number of aromatic nitrogens is 3. The molecule has 7 aromatic carbocycles. The Hall–Kier alpha value is -7.04. The van der Waals surface area contributed by atoms with Crippen molar-refractivity contribution in [3.8, 4) is 78.6 Å². The lowest BCUT2D eigenvalue weighted by Crippen LogP contribution is -2.10. The van der Waals surface area contributed by atoms with Gasteiger partial charge in [0.05, 0.1) is 22.3 Å². The van der Waals surface area contributed by atoms with Crippen LogP contribution in [-0.2, 0) is 5.41 Å². The van der Waals surface area contributed by atoms with E-state index in [2.05, 4.69) is 60.0 Å². The Bertz CT molecular complexity index is 3190. The molecular formula is C53H43N3O. The number of hydrogen-bond donors (Lipinski definition) is 1. The summed E-state index contributed by atoms with van der Waals surface area (Å²) < 4.78 is 75.6. The highest BCUT2D eigenvalue weighted by atomic mass is 16.3. The van der Waals surface area contributed by atoms with Crippen molar-refractivity contribution in [2.75, 3.05) is 0 Å². The maximum atomic E-state index is 11.3. The van der Waals surface area contributed by atoms with E-state index in [9.17, 15) is 5.11 Å². The second-order valence-corrected chi connectivity index (χ2v) is 14.3. The minimum Gasteiger partial charge on any atom is -0.507 e. The van der Waals surface area contributed by atoms with Crippen LogP contribution in [0.25, 0.3) is 83.9 Å². The van der Waals surface area contributed by atoms with Gasteiger partial charge in [0.15, 0.2) is 0 Å². The molecule has 0 atom stereocenters. The Kier molecular flexibility index (Phi) is 6.82. The molecule has 4 nitrogen and oxygen atoms in total. The summed E-state index contributed by atoms with van der Waals surface area (Å²) in [7, 11) is 0. The molecule has 0 spiro atoms. The van der Waals surface area contributed by atoms with Crippen molar-refractivity contribution in [2.24, 2.45) is 0 Å². The van der Waals surface area contributed by atoms with Crippen LogP contribution in [0.2, 0.25) is 0 Å². The van der Waals surface area contributed by atoms with E-state index in [0.717, 1.165) is 61.2 Å². The zero-order valence-corrected chi connectivity index (χ0v) is 31.1. The summed E-state index contributed by atoms with van der Waals surface area (Å²) >= 11 is 0. The molecule has 0 bridgehead atoms. The molecule has 0 unspecified atom stereocenters. The van der Waals surface area contributed by atoms with Crippen LogP contribution in [0.3, 0.4) is 0 Å². The zero-order valence-electron chi connectivity index (χ0n) is 40.1. The molecule has 0 fully saturated rings. The third kappa shape index (κ3) is 7.03. The van der Waals surface area contributed by atoms with Crippen molar-refractivity contribution in [2.45, 2.75) is 32.9 Å². The molecule has 0 amide bonds. The van der Waals surface area contributed by atoms with Crippen LogP contribution in [0.1, 0.15) is 44.0 Å². The number of imidazole rings is 1. The van der Waals surface area contributed by atoms with Gasteiger partial charge in [0, 0.05) is 35.3 Å². The molecule has 0 saturated heterocycles. The predicted molar refractivity (Wildman–Crippen MR) is 237 cm³/mol. The molecule has 0 radical (unpaired) electrons. The molecule has 9 aromatic rings. The Morgan fingerprint density at radius 2 is 1.16 bits per heavy atom. The average Bonchev–Trinajstić information content (AvgIpc) is 3.68. The highest BCUT2D eigenvalue weighted by Gasteiger charge is 2.21. The Labute approximate surface area is 347 Å². The van der Waals surface area contributed by atoms with Gasteiger partial charge in [-0.2, -0.15) is 0 Å². The number of hydrogen-bond acceptors (Lipinski definition) is 3. The number of nitrogens with zero attached hydrogens (tertiary/aromatic N) is 3. The number of benzene rings is 7. The van der Waals surface area contributed by atoms with Crippen LogP contribution in [0.4, 0.5) is 0 Å². The summed E-state index contributed by atoms with van der Waals surface area (Å²) in [4.78, 5) is 10.1. The van der Waals surface area contributed by atoms with Gasteiger partial charge in [-0.1, -0.05) is 136 Å². The van der Waals surface area contributed by atoms with E-state index in [0.29, 0.717) is 28.2 Å². The summed E-state index contributed by atoms with van der Waals surface area (Å²) in [5.74, 6) is 0.681. The summed E-state index contributed by atoms with van der Waals surface area (Å²) in [6, 6.07) is 55.5. The van der Waals surface area contributed by atoms with E-state index in [1.807, 2.05) is 84.9 Å². The van der Waals surface area contributed by atoms with Gasteiger partial charge in [0.2, 0.25) is 0 Å². The molecule has 2 aromatic heterocycles. The number of para-hydroxylation sites is 2. The van der Waals surface area contributed by atoms with E-state index in [1.54, 1.807) is 36.5 Å². The highest BCUT2D eigenvalue weighted by molar-refractivity contribution is 5.97. The standard InChI is InChI=1S/C53H43N3O/c1-35-28-40(36-14-7-5-8-15-36)33-45(29-35)56-49-20-13-19-46(51(49)55-52(56)47-18-11-12-21-50(47)57)42-30-41(37-16-9-6-10-17-37)31-43(32-42)48-34-39(26-27-54-48)38-22-24-44(25-23-38)53(2,3)4/h5-34,57H,1-4H3/i2D3,3D3,4D3. The first-order chi connectivity index (χ1) is 31.4. The van der Waals surface area contributed by atoms with Crippen molar-refractivity contribution in [1.29, 1.82) is 0 Å². The van der Waals surface area contributed by atoms with E-state index in [1.165, 1.54) is 12.1 Å². The normalized spacial score (nSPS) is 14.6. The molecule has 57 heavy (non-hydrogen) atoms. The van der Waals surface area contributed by atoms with E-state index in [4.69, 9.17) is 22.3 Å². The molecule has 0 aliphatic carbocycles. The molecule has 0 saturated carbocycles. The van der Waals surface area contributed by atoms with Gasteiger partial charge in [-0.25, -0.2) is 4.98 Å². The molecule has 2 heterocycles. The fourth-order valence-electron chi connectivity index (χ4n) is 7.54. The van der Waals surface area contributed by atoms with Gasteiger partial charge < -0.3 is 5.11 Å². The molecule has 0 aliphatic heterocycles.